The lowest BCUT2D eigenvalue weighted by Gasteiger charge is -2.14. The number of anilines is 1. The molecule has 8 heteroatoms. The SMILES string of the molecule is Cc1ccc(NCC(O)Cn2cc([N+](=O)[O-])cn2)c(Br)c1. The lowest BCUT2D eigenvalue weighted by molar-refractivity contribution is -0.385. The zero-order valence-electron chi connectivity index (χ0n) is 11.4. The van der Waals surface area contributed by atoms with Crippen molar-refractivity contribution in [2.45, 2.75) is 19.6 Å². The number of aliphatic hydroxyl groups is 1. The van der Waals surface area contributed by atoms with Crippen LogP contribution in [0.4, 0.5) is 11.4 Å². The largest absolute Gasteiger partial charge is 0.389 e. The number of aliphatic hydroxyl groups excluding tert-OH is 1. The zero-order valence-corrected chi connectivity index (χ0v) is 12.9. The zero-order chi connectivity index (χ0) is 15.4. The Balaban J connectivity index is 1.89. The Hall–Kier alpha value is -1.93. The van der Waals surface area contributed by atoms with Crippen molar-refractivity contribution in [1.82, 2.24) is 9.78 Å². The van der Waals surface area contributed by atoms with Crippen LogP contribution in [-0.4, -0.2) is 32.5 Å². The highest BCUT2D eigenvalue weighted by Gasteiger charge is 2.12. The number of nitrogens with one attached hydrogen (secondary N) is 1. The topological polar surface area (TPSA) is 93.2 Å². The second kappa shape index (κ2) is 6.68. The Kier molecular flexibility index (Phi) is 4.92. The van der Waals surface area contributed by atoms with E-state index in [2.05, 4.69) is 26.3 Å². The lowest BCUT2D eigenvalue weighted by Crippen LogP contribution is -2.25. The number of rotatable bonds is 6. The van der Waals surface area contributed by atoms with Crippen LogP contribution in [-0.2, 0) is 6.54 Å². The summed E-state index contributed by atoms with van der Waals surface area (Å²) in [5.74, 6) is 0. The van der Waals surface area contributed by atoms with Gasteiger partial charge in [0.2, 0.25) is 0 Å². The van der Waals surface area contributed by atoms with Crippen LogP contribution in [0.3, 0.4) is 0 Å². The molecule has 0 saturated heterocycles. The van der Waals surface area contributed by atoms with Gasteiger partial charge in [-0.2, -0.15) is 5.10 Å². The molecule has 21 heavy (non-hydrogen) atoms. The Morgan fingerprint density at radius 2 is 2.33 bits per heavy atom. The molecule has 1 aromatic carbocycles. The highest BCUT2D eigenvalue weighted by atomic mass is 79.9. The van der Waals surface area contributed by atoms with Gasteiger partial charge in [0.1, 0.15) is 12.4 Å². The molecule has 0 bridgehead atoms. The van der Waals surface area contributed by atoms with Crippen molar-refractivity contribution in [3.63, 3.8) is 0 Å². The summed E-state index contributed by atoms with van der Waals surface area (Å²) in [7, 11) is 0. The molecule has 1 aromatic heterocycles. The van der Waals surface area contributed by atoms with Crippen molar-refractivity contribution in [2.24, 2.45) is 0 Å². The summed E-state index contributed by atoms with van der Waals surface area (Å²) in [4.78, 5) is 10.0. The molecule has 0 saturated carbocycles. The molecule has 0 aliphatic rings. The molecule has 1 heterocycles. The van der Waals surface area contributed by atoms with E-state index < -0.39 is 11.0 Å². The average molecular weight is 355 g/mol. The number of hydrogen-bond donors (Lipinski definition) is 2. The smallest absolute Gasteiger partial charge is 0.306 e. The second-order valence-electron chi connectivity index (χ2n) is 4.70. The molecule has 0 radical (unpaired) electrons. The van der Waals surface area contributed by atoms with E-state index >= 15 is 0 Å². The first-order valence-corrected chi connectivity index (χ1v) is 7.10. The first kappa shape index (κ1) is 15.5. The summed E-state index contributed by atoms with van der Waals surface area (Å²) in [6.07, 6.45) is 1.75. The molecular weight excluding hydrogens is 340 g/mol. The Bertz CT molecular complexity index is 644. The van der Waals surface area contributed by atoms with E-state index in [1.165, 1.54) is 10.9 Å². The molecule has 7 nitrogen and oxygen atoms in total. The molecule has 2 aromatic rings. The second-order valence-corrected chi connectivity index (χ2v) is 5.55. The van der Waals surface area contributed by atoms with Crippen molar-refractivity contribution >= 4 is 27.3 Å². The van der Waals surface area contributed by atoms with Gasteiger partial charge in [-0.25, -0.2) is 0 Å². The van der Waals surface area contributed by atoms with Gasteiger partial charge in [0.25, 0.3) is 0 Å². The molecule has 2 rings (SSSR count). The molecular formula is C13H15BrN4O3. The van der Waals surface area contributed by atoms with Crippen molar-refractivity contribution in [1.29, 1.82) is 0 Å². The van der Waals surface area contributed by atoms with Gasteiger partial charge in [0, 0.05) is 16.7 Å². The number of aromatic nitrogens is 2. The van der Waals surface area contributed by atoms with Crippen molar-refractivity contribution in [3.8, 4) is 0 Å². The van der Waals surface area contributed by atoms with E-state index in [1.54, 1.807) is 0 Å². The summed E-state index contributed by atoms with van der Waals surface area (Å²) in [5.41, 5.74) is 1.93. The number of halogens is 1. The average Bonchev–Trinajstić information content (AvgIpc) is 2.86. The van der Waals surface area contributed by atoms with Gasteiger partial charge in [-0.3, -0.25) is 14.8 Å². The first-order chi connectivity index (χ1) is 9.95. The Morgan fingerprint density at radius 1 is 1.57 bits per heavy atom. The minimum absolute atomic E-state index is 0.0866. The van der Waals surface area contributed by atoms with Crippen molar-refractivity contribution in [2.75, 3.05) is 11.9 Å². The molecule has 0 aliphatic heterocycles. The van der Waals surface area contributed by atoms with Gasteiger partial charge in [-0.1, -0.05) is 6.07 Å². The van der Waals surface area contributed by atoms with Gasteiger partial charge in [-0.05, 0) is 40.5 Å². The predicted octanol–water partition coefficient (Wildman–Crippen LogP) is 2.34. The maximum atomic E-state index is 10.5. The van der Waals surface area contributed by atoms with Gasteiger partial charge in [-0.15, -0.1) is 0 Å². The number of hydrogen-bond acceptors (Lipinski definition) is 5. The minimum Gasteiger partial charge on any atom is -0.389 e. The monoisotopic (exact) mass is 354 g/mol. The normalized spacial score (nSPS) is 12.1. The fraction of sp³-hybridized carbons (Fsp3) is 0.308. The molecule has 2 N–H and O–H groups in total. The summed E-state index contributed by atoms with van der Waals surface area (Å²) in [6, 6.07) is 5.87. The van der Waals surface area contributed by atoms with Crippen molar-refractivity contribution < 1.29 is 10.0 Å². The molecule has 0 fully saturated rings. The van der Waals surface area contributed by atoms with Crippen LogP contribution < -0.4 is 5.32 Å². The van der Waals surface area contributed by atoms with E-state index in [0.29, 0.717) is 6.54 Å². The highest BCUT2D eigenvalue weighted by Crippen LogP contribution is 2.23. The van der Waals surface area contributed by atoms with Gasteiger partial charge in [0.05, 0.1) is 17.6 Å². The number of aryl methyl sites for hydroxylation is 1. The molecule has 112 valence electrons. The van der Waals surface area contributed by atoms with E-state index in [9.17, 15) is 15.2 Å². The molecule has 1 unspecified atom stereocenters. The van der Waals surface area contributed by atoms with Gasteiger partial charge >= 0.3 is 5.69 Å². The lowest BCUT2D eigenvalue weighted by atomic mass is 10.2. The van der Waals surface area contributed by atoms with Crippen LogP contribution in [0.1, 0.15) is 5.56 Å². The predicted molar refractivity (Wildman–Crippen MR) is 82.3 cm³/mol. The Labute approximate surface area is 129 Å². The van der Waals surface area contributed by atoms with E-state index in [4.69, 9.17) is 0 Å². The van der Waals surface area contributed by atoms with Crippen LogP contribution in [0, 0.1) is 17.0 Å². The first-order valence-electron chi connectivity index (χ1n) is 6.30. The van der Waals surface area contributed by atoms with Crippen LogP contribution >= 0.6 is 15.9 Å². The van der Waals surface area contributed by atoms with E-state index in [-0.39, 0.29) is 12.2 Å². The maximum absolute atomic E-state index is 10.5. The van der Waals surface area contributed by atoms with Crippen LogP contribution in [0.5, 0.6) is 0 Å². The summed E-state index contributed by atoms with van der Waals surface area (Å²) in [6.45, 7) is 2.49. The number of nitrogens with zero attached hydrogens (tertiary/aromatic N) is 3. The highest BCUT2D eigenvalue weighted by molar-refractivity contribution is 9.10. The quantitative estimate of drug-likeness (QED) is 0.613. The molecule has 0 aliphatic carbocycles. The third-order valence-corrected chi connectivity index (χ3v) is 3.54. The standard InChI is InChI=1S/C13H15BrN4O3/c1-9-2-3-13(12(14)4-9)15-6-11(19)8-17-7-10(5-16-17)18(20)21/h2-5,7,11,15,19H,6,8H2,1H3. The summed E-state index contributed by atoms with van der Waals surface area (Å²) < 4.78 is 2.28. The fourth-order valence-corrected chi connectivity index (χ4v) is 2.45. The molecule has 0 amide bonds. The maximum Gasteiger partial charge on any atom is 0.306 e. The van der Waals surface area contributed by atoms with Crippen LogP contribution in [0.15, 0.2) is 35.1 Å². The van der Waals surface area contributed by atoms with Crippen molar-refractivity contribution in [3.05, 3.63) is 50.7 Å². The number of nitro groups is 1. The Morgan fingerprint density at radius 3 is 2.95 bits per heavy atom. The number of benzene rings is 1. The minimum atomic E-state index is -0.710. The third kappa shape index (κ3) is 4.27. The third-order valence-electron chi connectivity index (χ3n) is 2.88. The van der Waals surface area contributed by atoms with E-state index in [1.807, 2.05) is 25.1 Å². The summed E-state index contributed by atoms with van der Waals surface area (Å²) in [5, 5.41) is 27.5. The fourth-order valence-electron chi connectivity index (χ4n) is 1.82. The van der Waals surface area contributed by atoms with Crippen LogP contribution in [0.2, 0.25) is 0 Å². The summed E-state index contributed by atoms with van der Waals surface area (Å²) >= 11 is 3.45. The van der Waals surface area contributed by atoms with E-state index in [0.717, 1.165) is 21.9 Å². The van der Waals surface area contributed by atoms with Gasteiger partial charge in [0.15, 0.2) is 0 Å². The molecule has 1 atom stereocenters. The van der Waals surface area contributed by atoms with Gasteiger partial charge < -0.3 is 10.4 Å². The van der Waals surface area contributed by atoms with Crippen LogP contribution in [0.25, 0.3) is 0 Å². The molecule has 0 spiro atoms.